The number of carbonyl (C=O) groups is 1. The number of nitrogens with one attached hydrogen (secondary N) is 1. The SMILES string of the molecule is CC(C)S(=O)(=O)NCc1nnn2c1CN(Cc1ccccc1)C(=O)C2. The van der Waals surface area contributed by atoms with Crippen molar-refractivity contribution in [2.24, 2.45) is 0 Å². The van der Waals surface area contributed by atoms with E-state index in [0.29, 0.717) is 18.8 Å². The van der Waals surface area contributed by atoms with E-state index in [1.165, 1.54) is 0 Å². The normalized spacial score (nSPS) is 14.8. The van der Waals surface area contributed by atoms with Crippen LogP contribution in [0.4, 0.5) is 0 Å². The fraction of sp³-hybridized carbons (Fsp3) is 0.438. The monoisotopic (exact) mass is 363 g/mol. The summed E-state index contributed by atoms with van der Waals surface area (Å²) >= 11 is 0. The fourth-order valence-corrected chi connectivity index (χ4v) is 3.26. The molecule has 8 nitrogen and oxygen atoms in total. The molecule has 0 aliphatic carbocycles. The van der Waals surface area contributed by atoms with Crippen molar-refractivity contribution >= 4 is 15.9 Å². The number of rotatable bonds is 6. The molecule has 0 bridgehead atoms. The highest BCUT2D eigenvalue weighted by atomic mass is 32.2. The Kier molecular flexibility index (Phi) is 4.87. The van der Waals surface area contributed by atoms with E-state index in [4.69, 9.17) is 0 Å². The van der Waals surface area contributed by atoms with Gasteiger partial charge in [0.1, 0.15) is 12.2 Å². The minimum Gasteiger partial charge on any atom is -0.331 e. The Labute approximate surface area is 146 Å². The summed E-state index contributed by atoms with van der Waals surface area (Å²) in [6.07, 6.45) is 0. The van der Waals surface area contributed by atoms with Crippen molar-refractivity contribution in [1.82, 2.24) is 24.6 Å². The lowest BCUT2D eigenvalue weighted by atomic mass is 10.2. The molecule has 134 valence electrons. The molecule has 2 aromatic rings. The Morgan fingerprint density at radius 2 is 1.92 bits per heavy atom. The van der Waals surface area contributed by atoms with E-state index in [1.807, 2.05) is 30.3 Å². The lowest BCUT2D eigenvalue weighted by Gasteiger charge is -2.27. The molecule has 1 aliphatic rings. The summed E-state index contributed by atoms with van der Waals surface area (Å²) in [4.78, 5) is 14.0. The van der Waals surface area contributed by atoms with Crippen molar-refractivity contribution in [3.63, 3.8) is 0 Å². The maximum absolute atomic E-state index is 12.3. The Bertz CT molecular complexity index is 861. The first-order valence-electron chi connectivity index (χ1n) is 8.08. The third kappa shape index (κ3) is 3.88. The smallest absolute Gasteiger partial charge is 0.245 e. The molecule has 1 N–H and O–H groups in total. The molecule has 0 spiro atoms. The minimum absolute atomic E-state index is 0.0319. The number of fused-ring (bicyclic) bond motifs is 1. The zero-order chi connectivity index (χ0) is 18.0. The van der Waals surface area contributed by atoms with Gasteiger partial charge >= 0.3 is 0 Å². The van der Waals surface area contributed by atoms with Gasteiger partial charge in [-0.3, -0.25) is 4.79 Å². The van der Waals surface area contributed by atoms with Gasteiger partial charge in [-0.15, -0.1) is 5.10 Å². The van der Waals surface area contributed by atoms with E-state index in [9.17, 15) is 13.2 Å². The van der Waals surface area contributed by atoms with Crippen LogP contribution in [0.25, 0.3) is 0 Å². The molecule has 0 fully saturated rings. The van der Waals surface area contributed by atoms with Crippen molar-refractivity contribution in [2.75, 3.05) is 0 Å². The van der Waals surface area contributed by atoms with E-state index in [0.717, 1.165) is 11.3 Å². The highest BCUT2D eigenvalue weighted by molar-refractivity contribution is 7.90. The summed E-state index contributed by atoms with van der Waals surface area (Å²) < 4.78 is 27.9. The Hall–Kier alpha value is -2.26. The maximum atomic E-state index is 12.3. The van der Waals surface area contributed by atoms with Gasteiger partial charge in [-0.2, -0.15) is 0 Å². The summed E-state index contributed by atoms with van der Waals surface area (Å²) in [5, 5.41) is 7.50. The largest absolute Gasteiger partial charge is 0.331 e. The number of hydrogen-bond donors (Lipinski definition) is 1. The zero-order valence-electron chi connectivity index (χ0n) is 14.2. The molecule has 1 amide bonds. The molecule has 0 atom stereocenters. The molecule has 9 heteroatoms. The maximum Gasteiger partial charge on any atom is 0.245 e. The van der Waals surface area contributed by atoms with Crippen LogP contribution < -0.4 is 4.72 Å². The van der Waals surface area contributed by atoms with Crippen LogP contribution in [0.3, 0.4) is 0 Å². The zero-order valence-corrected chi connectivity index (χ0v) is 15.0. The van der Waals surface area contributed by atoms with Gasteiger partial charge in [0.05, 0.1) is 24.0 Å². The highest BCUT2D eigenvalue weighted by Crippen LogP contribution is 2.18. The second-order valence-corrected chi connectivity index (χ2v) is 8.61. The summed E-state index contributed by atoms with van der Waals surface area (Å²) in [6, 6.07) is 9.73. The fourth-order valence-electron chi connectivity index (χ4n) is 2.59. The average molecular weight is 363 g/mol. The van der Waals surface area contributed by atoms with Crippen LogP contribution in [0.15, 0.2) is 30.3 Å². The molecule has 3 rings (SSSR count). The summed E-state index contributed by atoms with van der Waals surface area (Å²) in [6.45, 7) is 4.28. The van der Waals surface area contributed by atoms with E-state index in [-0.39, 0.29) is 19.0 Å². The lowest BCUT2D eigenvalue weighted by molar-refractivity contribution is -0.135. The van der Waals surface area contributed by atoms with Gasteiger partial charge < -0.3 is 4.90 Å². The Balaban J connectivity index is 1.75. The number of carbonyl (C=O) groups excluding carboxylic acids is 1. The van der Waals surface area contributed by atoms with Crippen molar-refractivity contribution in [2.45, 2.75) is 45.3 Å². The van der Waals surface area contributed by atoms with Crippen molar-refractivity contribution in [3.8, 4) is 0 Å². The van der Waals surface area contributed by atoms with Crippen LogP contribution in [-0.2, 0) is 41.0 Å². The van der Waals surface area contributed by atoms with Gasteiger partial charge in [0.2, 0.25) is 15.9 Å². The van der Waals surface area contributed by atoms with E-state index < -0.39 is 15.3 Å². The number of hydrogen-bond acceptors (Lipinski definition) is 5. The number of benzene rings is 1. The first kappa shape index (κ1) is 17.6. The van der Waals surface area contributed by atoms with E-state index >= 15 is 0 Å². The first-order valence-corrected chi connectivity index (χ1v) is 9.63. The molecule has 1 aromatic heterocycles. The Morgan fingerprint density at radius 3 is 2.60 bits per heavy atom. The molecular formula is C16H21N5O3S. The van der Waals surface area contributed by atoms with Crippen LogP contribution in [-0.4, -0.2) is 39.5 Å². The van der Waals surface area contributed by atoms with Gasteiger partial charge in [-0.25, -0.2) is 17.8 Å². The summed E-state index contributed by atoms with van der Waals surface area (Å²) in [5.74, 6) is -0.0319. The van der Waals surface area contributed by atoms with E-state index in [1.54, 1.807) is 23.4 Å². The average Bonchev–Trinajstić information content (AvgIpc) is 2.96. The van der Waals surface area contributed by atoms with Crippen LogP contribution in [0.5, 0.6) is 0 Å². The molecule has 2 heterocycles. The van der Waals surface area contributed by atoms with Crippen LogP contribution in [0.1, 0.15) is 30.8 Å². The predicted octanol–water partition coefficient (Wildman–Crippen LogP) is 0.648. The molecule has 0 unspecified atom stereocenters. The molecule has 0 radical (unpaired) electrons. The molecule has 1 aliphatic heterocycles. The van der Waals surface area contributed by atoms with Crippen LogP contribution >= 0.6 is 0 Å². The van der Waals surface area contributed by atoms with Crippen LogP contribution in [0, 0.1) is 0 Å². The second kappa shape index (κ2) is 6.93. The Morgan fingerprint density at radius 1 is 1.20 bits per heavy atom. The predicted molar refractivity (Wildman–Crippen MR) is 91.6 cm³/mol. The standard InChI is InChI=1S/C16H21N5O3S/c1-12(2)25(23,24)17-8-14-15-10-20(9-13-6-4-3-5-7-13)16(22)11-21(15)19-18-14/h3-7,12,17H,8-11H2,1-2H3. The number of nitrogens with zero attached hydrogens (tertiary/aromatic N) is 4. The lowest BCUT2D eigenvalue weighted by Crippen LogP contribution is -2.39. The molecule has 1 aromatic carbocycles. The van der Waals surface area contributed by atoms with Crippen molar-refractivity contribution in [1.29, 1.82) is 0 Å². The minimum atomic E-state index is -3.38. The van der Waals surface area contributed by atoms with Crippen molar-refractivity contribution < 1.29 is 13.2 Å². The van der Waals surface area contributed by atoms with Gasteiger partial charge in [-0.1, -0.05) is 35.5 Å². The third-order valence-electron chi connectivity index (χ3n) is 4.17. The van der Waals surface area contributed by atoms with Crippen LogP contribution in [0.2, 0.25) is 0 Å². The topological polar surface area (TPSA) is 97.2 Å². The molecule has 0 saturated heterocycles. The summed E-state index contributed by atoms with van der Waals surface area (Å²) in [5.41, 5.74) is 2.36. The highest BCUT2D eigenvalue weighted by Gasteiger charge is 2.27. The number of sulfonamides is 1. The van der Waals surface area contributed by atoms with E-state index in [2.05, 4.69) is 15.0 Å². The second-order valence-electron chi connectivity index (χ2n) is 6.29. The summed E-state index contributed by atoms with van der Waals surface area (Å²) in [7, 11) is -3.38. The quantitative estimate of drug-likeness (QED) is 0.813. The molecule has 25 heavy (non-hydrogen) atoms. The van der Waals surface area contributed by atoms with Crippen molar-refractivity contribution in [3.05, 3.63) is 47.3 Å². The van der Waals surface area contributed by atoms with Gasteiger partial charge in [0.15, 0.2) is 0 Å². The first-order chi connectivity index (χ1) is 11.9. The molecular weight excluding hydrogens is 342 g/mol. The van der Waals surface area contributed by atoms with Gasteiger partial charge in [0.25, 0.3) is 0 Å². The van der Waals surface area contributed by atoms with Gasteiger partial charge in [-0.05, 0) is 19.4 Å². The van der Waals surface area contributed by atoms with Gasteiger partial charge in [0, 0.05) is 6.54 Å². The number of aromatic nitrogens is 3. The molecule has 0 saturated carbocycles. The third-order valence-corrected chi connectivity index (χ3v) is 5.96. The number of amides is 1.